The third-order valence-corrected chi connectivity index (χ3v) is 3.48. The lowest BCUT2D eigenvalue weighted by Crippen LogP contribution is -2.28. The van der Waals surface area contributed by atoms with Gasteiger partial charge in [0.15, 0.2) is 18.2 Å². The van der Waals surface area contributed by atoms with Crippen LogP contribution in [0, 0.1) is 5.82 Å². The topological polar surface area (TPSA) is 67.4 Å². The van der Waals surface area contributed by atoms with Crippen molar-refractivity contribution in [2.75, 3.05) is 11.9 Å². The molecule has 0 aliphatic carbocycles. The number of carbonyl (C=O) groups excluding carboxylic acids is 2. The molecule has 0 heterocycles. The molecule has 0 bridgehead atoms. The Labute approximate surface area is 147 Å². The Balaban J connectivity index is 1.83. The van der Waals surface area contributed by atoms with Crippen LogP contribution >= 0.6 is 15.9 Å². The first-order valence-electron chi connectivity index (χ1n) is 7.15. The number of carbonyl (C=O) groups is 2. The predicted molar refractivity (Wildman–Crippen MR) is 92.2 cm³/mol. The molecule has 0 atom stereocenters. The van der Waals surface area contributed by atoms with Crippen LogP contribution in [0.15, 0.2) is 46.9 Å². The number of ether oxygens (including phenoxy) is 1. The first kappa shape index (κ1) is 17.9. The molecule has 0 spiro atoms. The van der Waals surface area contributed by atoms with E-state index < -0.39 is 5.82 Å². The van der Waals surface area contributed by atoms with E-state index in [9.17, 15) is 14.0 Å². The lowest BCUT2D eigenvalue weighted by atomic mass is 10.2. The molecule has 0 saturated heterocycles. The van der Waals surface area contributed by atoms with Crippen molar-refractivity contribution >= 4 is 33.4 Å². The number of hydrogen-bond donors (Lipinski definition) is 2. The Morgan fingerprint density at radius 3 is 2.71 bits per heavy atom. The maximum atomic E-state index is 13.6. The maximum absolute atomic E-state index is 13.6. The lowest BCUT2D eigenvalue weighted by Gasteiger charge is -2.09. The van der Waals surface area contributed by atoms with E-state index in [1.54, 1.807) is 24.3 Å². The van der Waals surface area contributed by atoms with E-state index in [1.165, 1.54) is 19.1 Å². The van der Waals surface area contributed by atoms with Gasteiger partial charge in [-0.1, -0.05) is 28.1 Å². The van der Waals surface area contributed by atoms with Gasteiger partial charge in [0, 0.05) is 23.6 Å². The second-order valence-corrected chi connectivity index (χ2v) is 5.94. The molecule has 2 rings (SSSR count). The van der Waals surface area contributed by atoms with Crippen LogP contribution in [0.3, 0.4) is 0 Å². The highest BCUT2D eigenvalue weighted by Gasteiger charge is 2.07. The van der Waals surface area contributed by atoms with Gasteiger partial charge in [-0.15, -0.1) is 0 Å². The molecule has 24 heavy (non-hydrogen) atoms. The summed E-state index contributed by atoms with van der Waals surface area (Å²) in [6.07, 6.45) is 0. The Kier molecular flexibility index (Phi) is 6.31. The third kappa shape index (κ3) is 5.66. The monoisotopic (exact) mass is 394 g/mol. The maximum Gasteiger partial charge on any atom is 0.258 e. The number of hydrogen-bond acceptors (Lipinski definition) is 3. The van der Waals surface area contributed by atoms with Crippen LogP contribution < -0.4 is 15.4 Å². The van der Waals surface area contributed by atoms with Gasteiger partial charge in [-0.25, -0.2) is 4.39 Å². The lowest BCUT2D eigenvalue weighted by molar-refractivity contribution is -0.123. The van der Waals surface area contributed by atoms with Gasteiger partial charge in [0.2, 0.25) is 5.91 Å². The number of benzene rings is 2. The molecule has 2 aromatic rings. The van der Waals surface area contributed by atoms with Crippen molar-refractivity contribution in [2.24, 2.45) is 0 Å². The molecule has 0 aliphatic rings. The summed E-state index contributed by atoms with van der Waals surface area (Å²) in [5.74, 6) is -1.07. The molecule has 0 fully saturated rings. The molecule has 0 aliphatic heterocycles. The van der Waals surface area contributed by atoms with E-state index in [2.05, 4.69) is 26.6 Å². The molecule has 0 aromatic heterocycles. The molecule has 2 amide bonds. The van der Waals surface area contributed by atoms with E-state index in [0.29, 0.717) is 10.2 Å². The van der Waals surface area contributed by atoms with Gasteiger partial charge in [0.05, 0.1) is 0 Å². The Hall–Kier alpha value is -2.41. The van der Waals surface area contributed by atoms with Gasteiger partial charge >= 0.3 is 0 Å². The molecule has 2 N–H and O–H groups in total. The van der Waals surface area contributed by atoms with Gasteiger partial charge in [0.1, 0.15) is 0 Å². The summed E-state index contributed by atoms with van der Waals surface area (Å²) in [7, 11) is 0. The van der Waals surface area contributed by atoms with Crippen molar-refractivity contribution in [3.05, 3.63) is 58.3 Å². The van der Waals surface area contributed by atoms with Crippen molar-refractivity contribution < 1.29 is 18.7 Å². The summed E-state index contributed by atoms with van der Waals surface area (Å²) >= 11 is 3.15. The first-order chi connectivity index (χ1) is 11.4. The summed E-state index contributed by atoms with van der Waals surface area (Å²) < 4.78 is 19.3. The summed E-state index contributed by atoms with van der Waals surface area (Å²) in [5, 5.41) is 5.34. The minimum atomic E-state index is -0.541. The van der Waals surface area contributed by atoms with Crippen LogP contribution in [0.2, 0.25) is 0 Å². The average Bonchev–Trinajstić information content (AvgIpc) is 2.52. The van der Waals surface area contributed by atoms with E-state index in [4.69, 9.17) is 4.74 Å². The standard InChI is InChI=1S/C17H16BrFN2O3/c1-11(22)21-14-4-2-3-12(7-14)9-20-17(23)10-24-16-6-5-13(18)8-15(16)19/h2-8H,9-10H2,1H3,(H,20,23)(H,21,22). The fraction of sp³-hybridized carbons (Fsp3) is 0.176. The number of nitrogens with one attached hydrogen (secondary N) is 2. The number of anilines is 1. The number of halogens is 2. The second kappa shape index (κ2) is 8.44. The highest BCUT2D eigenvalue weighted by Crippen LogP contribution is 2.21. The van der Waals surface area contributed by atoms with Crippen molar-refractivity contribution in [2.45, 2.75) is 13.5 Å². The van der Waals surface area contributed by atoms with Gasteiger partial charge < -0.3 is 15.4 Å². The summed E-state index contributed by atoms with van der Waals surface area (Å²) in [5.41, 5.74) is 1.48. The van der Waals surface area contributed by atoms with Crippen LogP contribution in [0.25, 0.3) is 0 Å². The molecule has 2 aromatic carbocycles. The average molecular weight is 395 g/mol. The van der Waals surface area contributed by atoms with Crippen LogP contribution in [0.4, 0.5) is 10.1 Å². The first-order valence-corrected chi connectivity index (χ1v) is 7.94. The van der Waals surface area contributed by atoms with E-state index >= 15 is 0 Å². The fourth-order valence-electron chi connectivity index (χ4n) is 1.95. The SMILES string of the molecule is CC(=O)Nc1cccc(CNC(=O)COc2ccc(Br)cc2F)c1. The Morgan fingerprint density at radius 1 is 1.21 bits per heavy atom. The molecule has 7 heteroatoms. The van der Waals surface area contributed by atoms with Crippen molar-refractivity contribution in [1.82, 2.24) is 5.32 Å². The van der Waals surface area contributed by atoms with Crippen molar-refractivity contribution in [3.63, 3.8) is 0 Å². The zero-order chi connectivity index (χ0) is 17.5. The molecule has 0 unspecified atom stereocenters. The van der Waals surface area contributed by atoms with Crippen LogP contribution in [-0.4, -0.2) is 18.4 Å². The van der Waals surface area contributed by atoms with Crippen molar-refractivity contribution in [1.29, 1.82) is 0 Å². The normalized spacial score (nSPS) is 10.1. The van der Waals surface area contributed by atoms with Crippen molar-refractivity contribution in [3.8, 4) is 5.75 Å². The highest BCUT2D eigenvalue weighted by molar-refractivity contribution is 9.10. The van der Waals surface area contributed by atoms with E-state index in [-0.39, 0.29) is 30.7 Å². The van der Waals surface area contributed by atoms with Crippen LogP contribution in [-0.2, 0) is 16.1 Å². The zero-order valence-electron chi connectivity index (χ0n) is 12.9. The molecule has 0 saturated carbocycles. The molecule has 5 nitrogen and oxygen atoms in total. The quantitative estimate of drug-likeness (QED) is 0.789. The van der Waals surface area contributed by atoms with Gasteiger partial charge in [-0.3, -0.25) is 9.59 Å². The van der Waals surface area contributed by atoms with E-state index in [0.717, 1.165) is 5.56 Å². The van der Waals surface area contributed by atoms with Crippen LogP contribution in [0.5, 0.6) is 5.75 Å². The summed E-state index contributed by atoms with van der Waals surface area (Å²) in [6, 6.07) is 11.5. The van der Waals surface area contributed by atoms with Gasteiger partial charge in [0.25, 0.3) is 5.91 Å². The fourth-order valence-corrected chi connectivity index (χ4v) is 2.28. The predicted octanol–water partition coefficient (Wildman–Crippen LogP) is 3.24. The Bertz CT molecular complexity index is 752. The number of rotatable bonds is 6. The van der Waals surface area contributed by atoms with Gasteiger partial charge in [-0.2, -0.15) is 0 Å². The summed E-state index contributed by atoms with van der Waals surface area (Å²) in [4.78, 5) is 22.8. The zero-order valence-corrected chi connectivity index (χ0v) is 14.5. The molecule has 0 radical (unpaired) electrons. The minimum absolute atomic E-state index is 0.0148. The molecular weight excluding hydrogens is 379 g/mol. The summed E-state index contributed by atoms with van der Waals surface area (Å²) in [6.45, 7) is 1.41. The largest absolute Gasteiger partial charge is 0.481 e. The van der Waals surface area contributed by atoms with E-state index in [1.807, 2.05) is 6.07 Å². The minimum Gasteiger partial charge on any atom is -0.481 e. The highest BCUT2D eigenvalue weighted by atomic mass is 79.9. The second-order valence-electron chi connectivity index (χ2n) is 5.02. The molecular formula is C17H16BrFN2O3. The van der Waals surface area contributed by atoms with Crippen LogP contribution in [0.1, 0.15) is 12.5 Å². The van der Waals surface area contributed by atoms with Gasteiger partial charge in [-0.05, 0) is 35.9 Å². The molecule has 126 valence electrons. The Morgan fingerprint density at radius 2 is 2.00 bits per heavy atom. The number of amides is 2. The smallest absolute Gasteiger partial charge is 0.258 e. The third-order valence-electron chi connectivity index (χ3n) is 2.99.